The van der Waals surface area contributed by atoms with Crippen molar-refractivity contribution < 1.29 is 38.4 Å². The monoisotopic (exact) mass is 512 g/mol. The number of fused-ring (bicyclic) bond motifs is 1. The molecule has 0 aliphatic carbocycles. The van der Waals surface area contributed by atoms with Gasteiger partial charge in [0.1, 0.15) is 5.76 Å². The number of Topliss-reactive ketones (excluding diaryl/α,β-unsaturated/α-hetero) is 1. The minimum absolute atomic E-state index is 0.0299. The van der Waals surface area contributed by atoms with E-state index < -0.39 is 17.7 Å². The fourth-order valence-corrected chi connectivity index (χ4v) is 4.70. The van der Waals surface area contributed by atoms with Gasteiger partial charge in [0.2, 0.25) is 12.5 Å². The topological polar surface area (TPSA) is 107 Å². The average Bonchev–Trinajstić information content (AvgIpc) is 3.49. The summed E-state index contributed by atoms with van der Waals surface area (Å²) in [5, 5.41) is 11.4. The number of carbonyl (C=O) groups is 2. The highest BCUT2D eigenvalue weighted by molar-refractivity contribution is 6.46. The number of hydrogen-bond acceptors (Lipinski definition) is 9. The molecule has 1 saturated heterocycles. The Morgan fingerprint density at radius 2 is 1.65 bits per heavy atom. The van der Waals surface area contributed by atoms with E-state index in [9.17, 15) is 14.7 Å². The van der Waals surface area contributed by atoms with Gasteiger partial charge >= 0.3 is 0 Å². The van der Waals surface area contributed by atoms with Crippen LogP contribution in [0.3, 0.4) is 0 Å². The molecule has 37 heavy (non-hydrogen) atoms. The molecule has 198 valence electrons. The van der Waals surface area contributed by atoms with Gasteiger partial charge < -0.3 is 38.6 Å². The number of aliphatic hydroxyl groups excluding tert-OH is 1. The summed E-state index contributed by atoms with van der Waals surface area (Å²) in [6.07, 6.45) is 0. The molecule has 0 saturated carbocycles. The number of amides is 1. The van der Waals surface area contributed by atoms with Crippen molar-refractivity contribution >= 4 is 17.4 Å². The van der Waals surface area contributed by atoms with Gasteiger partial charge in [0.05, 0.1) is 32.9 Å². The molecule has 2 aliphatic heterocycles. The highest BCUT2D eigenvalue weighted by Gasteiger charge is 2.46. The molecule has 2 heterocycles. The first-order valence-corrected chi connectivity index (χ1v) is 12.1. The van der Waals surface area contributed by atoms with Crippen LogP contribution in [0, 0.1) is 0 Å². The van der Waals surface area contributed by atoms with Crippen LogP contribution in [0.5, 0.6) is 28.7 Å². The van der Waals surface area contributed by atoms with Crippen molar-refractivity contribution in [2.24, 2.45) is 0 Å². The Balaban J connectivity index is 1.88. The van der Waals surface area contributed by atoms with Crippen molar-refractivity contribution in [1.82, 2.24) is 9.80 Å². The molecule has 1 atom stereocenters. The Kier molecular flexibility index (Phi) is 7.77. The van der Waals surface area contributed by atoms with Crippen LogP contribution in [-0.2, 0) is 9.59 Å². The molecule has 0 bridgehead atoms. The second kappa shape index (κ2) is 11.0. The Bertz CT molecular complexity index is 1200. The van der Waals surface area contributed by atoms with Crippen LogP contribution < -0.4 is 23.7 Å². The van der Waals surface area contributed by atoms with E-state index in [1.165, 1.54) is 26.2 Å². The second-order valence-electron chi connectivity index (χ2n) is 8.55. The Morgan fingerprint density at radius 1 is 1.00 bits per heavy atom. The average molecular weight is 513 g/mol. The summed E-state index contributed by atoms with van der Waals surface area (Å²) in [6.45, 7) is 6.58. The lowest BCUT2D eigenvalue weighted by atomic mass is 9.94. The maximum atomic E-state index is 13.4. The highest BCUT2D eigenvalue weighted by atomic mass is 16.7. The Labute approximate surface area is 215 Å². The molecule has 10 heteroatoms. The number of nitrogens with zero attached hydrogens (tertiary/aromatic N) is 2. The summed E-state index contributed by atoms with van der Waals surface area (Å²) in [5.74, 6) is 0.345. The normalized spacial score (nSPS) is 18.0. The van der Waals surface area contributed by atoms with Crippen LogP contribution in [0.1, 0.15) is 31.0 Å². The number of ether oxygens (including phenoxy) is 5. The fourth-order valence-electron chi connectivity index (χ4n) is 4.70. The van der Waals surface area contributed by atoms with Crippen LogP contribution in [-0.4, -0.2) is 80.9 Å². The van der Waals surface area contributed by atoms with Crippen LogP contribution in [0.15, 0.2) is 35.9 Å². The summed E-state index contributed by atoms with van der Waals surface area (Å²) >= 11 is 0. The standard InChI is InChI=1S/C27H32N2O8/c1-6-28(7-2)10-11-29-23(17-13-20(33-3)26(35-5)21(14-17)34-4)22(25(31)27(29)32)24(30)16-8-9-18-19(12-16)37-15-36-18/h8-9,12-14,23,30H,6-7,10-11,15H2,1-5H3/t23-/m1/s1. The Hall–Kier alpha value is -3.92. The zero-order valence-corrected chi connectivity index (χ0v) is 21.7. The van der Waals surface area contributed by atoms with Gasteiger partial charge in [0.15, 0.2) is 23.0 Å². The summed E-state index contributed by atoms with van der Waals surface area (Å²) in [5.41, 5.74) is 0.844. The van der Waals surface area contributed by atoms with Crippen molar-refractivity contribution in [2.45, 2.75) is 19.9 Å². The number of hydrogen-bond donors (Lipinski definition) is 1. The van der Waals surface area contributed by atoms with Gasteiger partial charge in [0, 0.05) is 18.7 Å². The number of methoxy groups -OCH3 is 3. The largest absolute Gasteiger partial charge is 0.507 e. The molecule has 2 aromatic rings. The van der Waals surface area contributed by atoms with E-state index in [4.69, 9.17) is 23.7 Å². The number of aliphatic hydroxyl groups is 1. The van der Waals surface area contributed by atoms with E-state index in [-0.39, 0.29) is 24.7 Å². The molecule has 1 amide bonds. The maximum absolute atomic E-state index is 13.4. The van der Waals surface area contributed by atoms with Crippen molar-refractivity contribution in [1.29, 1.82) is 0 Å². The molecular formula is C27H32N2O8. The van der Waals surface area contributed by atoms with E-state index in [1.807, 2.05) is 13.8 Å². The molecule has 0 aromatic heterocycles. The zero-order chi connectivity index (χ0) is 26.7. The third-order valence-corrected chi connectivity index (χ3v) is 6.74. The highest BCUT2D eigenvalue weighted by Crippen LogP contribution is 2.46. The summed E-state index contributed by atoms with van der Waals surface area (Å²) in [4.78, 5) is 30.4. The third kappa shape index (κ3) is 4.76. The van der Waals surface area contributed by atoms with Gasteiger partial charge in [-0.1, -0.05) is 13.8 Å². The van der Waals surface area contributed by atoms with Crippen LogP contribution in [0.2, 0.25) is 0 Å². The first-order chi connectivity index (χ1) is 17.9. The van der Waals surface area contributed by atoms with Crippen molar-refractivity contribution in [2.75, 3.05) is 54.3 Å². The van der Waals surface area contributed by atoms with Crippen LogP contribution in [0.4, 0.5) is 0 Å². The lowest BCUT2D eigenvalue weighted by Crippen LogP contribution is -2.38. The number of carbonyl (C=O) groups excluding carboxylic acids is 2. The number of ketones is 1. The van der Waals surface area contributed by atoms with E-state index in [0.29, 0.717) is 46.4 Å². The van der Waals surface area contributed by atoms with Crippen molar-refractivity contribution in [3.05, 3.63) is 47.0 Å². The molecule has 0 spiro atoms. The van der Waals surface area contributed by atoms with Crippen LogP contribution in [0.25, 0.3) is 5.76 Å². The van der Waals surface area contributed by atoms with Gasteiger partial charge in [-0.15, -0.1) is 0 Å². The predicted molar refractivity (Wildman–Crippen MR) is 135 cm³/mol. The number of rotatable bonds is 10. The van der Waals surface area contributed by atoms with E-state index in [2.05, 4.69) is 4.90 Å². The van der Waals surface area contributed by atoms with Gasteiger partial charge in [-0.3, -0.25) is 9.59 Å². The molecule has 1 fully saturated rings. The van der Waals surface area contributed by atoms with Gasteiger partial charge in [-0.25, -0.2) is 0 Å². The quantitative estimate of drug-likeness (QED) is 0.292. The molecule has 2 aliphatic rings. The summed E-state index contributed by atoms with van der Waals surface area (Å²) in [7, 11) is 4.48. The van der Waals surface area contributed by atoms with Crippen molar-refractivity contribution in [3.8, 4) is 28.7 Å². The lowest BCUT2D eigenvalue weighted by molar-refractivity contribution is -0.140. The molecule has 10 nitrogen and oxygen atoms in total. The van der Waals surface area contributed by atoms with Crippen molar-refractivity contribution in [3.63, 3.8) is 0 Å². The minimum atomic E-state index is -0.880. The van der Waals surface area contributed by atoms with E-state index >= 15 is 0 Å². The summed E-state index contributed by atoms with van der Waals surface area (Å²) < 4.78 is 27.3. The molecule has 0 radical (unpaired) electrons. The molecule has 1 N–H and O–H groups in total. The lowest BCUT2D eigenvalue weighted by Gasteiger charge is -2.29. The fraction of sp³-hybridized carbons (Fsp3) is 0.407. The minimum Gasteiger partial charge on any atom is -0.507 e. The first kappa shape index (κ1) is 26.2. The van der Waals surface area contributed by atoms with Gasteiger partial charge in [-0.05, 0) is 49.0 Å². The van der Waals surface area contributed by atoms with E-state index in [1.54, 1.807) is 30.3 Å². The SMILES string of the molecule is CCN(CC)CCN1C(=O)C(=O)C(=C(O)c2ccc3c(c2)OCO3)[C@H]1c1cc(OC)c(OC)c(OC)c1. The smallest absolute Gasteiger partial charge is 0.295 e. The first-order valence-electron chi connectivity index (χ1n) is 12.1. The number of benzene rings is 2. The van der Waals surface area contributed by atoms with Gasteiger partial charge in [-0.2, -0.15) is 0 Å². The number of likely N-dealkylation sites (tertiary alicyclic amines) is 1. The number of likely N-dealkylation sites (N-methyl/N-ethyl adjacent to an activating group) is 1. The zero-order valence-electron chi connectivity index (χ0n) is 21.7. The third-order valence-electron chi connectivity index (χ3n) is 6.74. The molecular weight excluding hydrogens is 480 g/mol. The Morgan fingerprint density at radius 3 is 2.24 bits per heavy atom. The summed E-state index contributed by atoms with van der Waals surface area (Å²) in [6, 6.07) is 7.37. The van der Waals surface area contributed by atoms with E-state index in [0.717, 1.165) is 13.1 Å². The molecule has 4 rings (SSSR count). The molecule has 2 aromatic carbocycles. The predicted octanol–water partition coefficient (Wildman–Crippen LogP) is 3.20. The van der Waals surface area contributed by atoms with Gasteiger partial charge in [0.25, 0.3) is 11.7 Å². The second-order valence-corrected chi connectivity index (χ2v) is 8.55. The maximum Gasteiger partial charge on any atom is 0.295 e. The van der Waals surface area contributed by atoms with Crippen LogP contribution >= 0.6 is 0 Å². The molecule has 0 unspecified atom stereocenters.